The van der Waals surface area contributed by atoms with Gasteiger partial charge in [0, 0.05) is 0 Å². The molecular formula is C11H19Cl3O7. The van der Waals surface area contributed by atoms with E-state index in [1.54, 1.807) is 0 Å². The molecule has 0 aliphatic rings. The van der Waals surface area contributed by atoms with Gasteiger partial charge in [0.2, 0.25) is 0 Å². The molecule has 0 radical (unpaired) electrons. The van der Waals surface area contributed by atoms with Gasteiger partial charge in [-0.05, 0) is 0 Å². The minimum atomic E-state index is -0.980. The molecule has 21 heavy (non-hydrogen) atoms. The Balaban J connectivity index is -0.000000465. The molecule has 7 nitrogen and oxygen atoms in total. The van der Waals surface area contributed by atoms with Crippen LogP contribution in [0.3, 0.4) is 0 Å². The second kappa shape index (κ2) is 19.2. The van der Waals surface area contributed by atoms with E-state index in [1.807, 2.05) is 0 Å². The van der Waals surface area contributed by atoms with Gasteiger partial charge in [0.25, 0.3) is 0 Å². The predicted molar refractivity (Wildman–Crippen MR) is 79.3 cm³/mol. The fourth-order valence-corrected chi connectivity index (χ4v) is 0.762. The first-order valence-corrected chi connectivity index (χ1v) is 6.86. The van der Waals surface area contributed by atoms with Crippen molar-refractivity contribution in [2.45, 2.75) is 7.43 Å². The van der Waals surface area contributed by atoms with Crippen molar-refractivity contribution < 1.29 is 33.7 Å². The number of aliphatic carboxylic acids is 1. The summed E-state index contributed by atoms with van der Waals surface area (Å²) in [6.07, 6.45) is 0. The fraction of sp³-hybridized carbons (Fsp3) is 0.727. The molecule has 0 bridgehead atoms. The number of rotatable bonds is 9. The summed E-state index contributed by atoms with van der Waals surface area (Å²) in [6, 6.07) is 0. The maximum Gasteiger partial charge on any atom is 0.320 e. The van der Waals surface area contributed by atoms with Gasteiger partial charge >= 0.3 is 17.9 Å². The van der Waals surface area contributed by atoms with Gasteiger partial charge in [-0.25, -0.2) is 0 Å². The first-order chi connectivity index (χ1) is 9.47. The lowest BCUT2D eigenvalue weighted by Gasteiger charge is -2.05. The zero-order valence-electron chi connectivity index (χ0n) is 10.5. The van der Waals surface area contributed by atoms with Crippen molar-refractivity contribution >= 4 is 52.7 Å². The molecule has 0 aliphatic carbocycles. The van der Waals surface area contributed by atoms with Gasteiger partial charge in [-0.2, -0.15) is 0 Å². The first-order valence-electron chi connectivity index (χ1n) is 5.26. The summed E-state index contributed by atoms with van der Waals surface area (Å²) >= 11 is 15.1. The molecule has 0 aliphatic heterocycles. The van der Waals surface area contributed by atoms with Crippen LogP contribution in [-0.4, -0.2) is 67.1 Å². The summed E-state index contributed by atoms with van der Waals surface area (Å²) in [6.45, 7) is 0.742. The second-order valence-electron chi connectivity index (χ2n) is 2.85. The van der Waals surface area contributed by atoms with Crippen LogP contribution in [0.4, 0.5) is 0 Å². The number of carbonyl (C=O) groups excluding carboxylic acids is 2. The molecule has 0 rings (SSSR count). The first kappa shape index (κ1) is 25.2. The Morgan fingerprint density at radius 3 is 1.33 bits per heavy atom. The third-order valence-electron chi connectivity index (χ3n) is 1.31. The van der Waals surface area contributed by atoms with E-state index in [0.29, 0.717) is 0 Å². The molecule has 0 atom stereocenters. The molecule has 10 heteroatoms. The molecule has 0 aromatic rings. The van der Waals surface area contributed by atoms with Crippen molar-refractivity contribution in [2.24, 2.45) is 0 Å². The number of alkyl halides is 3. The third-order valence-corrected chi connectivity index (χ3v) is 1.98. The Bertz CT molecular complexity index is 267. The van der Waals surface area contributed by atoms with Crippen LogP contribution in [0.2, 0.25) is 0 Å². The number of carboxylic acids is 1. The van der Waals surface area contributed by atoms with Crippen LogP contribution >= 0.6 is 34.8 Å². The standard InChI is InChI=1S/C8H12Cl2O5.C2H3ClO2.CH4/c9-5-7(11)14-3-1-13-2-4-15-8(12)6-10;3-1-2(4)5;/h1-6H2;1H2,(H,4,5);1H4. The van der Waals surface area contributed by atoms with E-state index in [0.717, 1.165) is 0 Å². The Morgan fingerprint density at radius 2 is 1.10 bits per heavy atom. The molecule has 0 heterocycles. The second-order valence-corrected chi connectivity index (χ2v) is 3.65. The molecule has 0 aromatic carbocycles. The molecule has 126 valence electrons. The minimum absolute atomic E-state index is 0. The highest BCUT2D eigenvalue weighted by Gasteiger charge is 2.00. The van der Waals surface area contributed by atoms with Crippen molar-refractivity contribution in [1.29, 1.82) is 0 Å². The van der Waals surface area contributed by atoms with Gasteiger partial charge in [-0.1, -0.05) is 7.43 Å². The van der Waals surface area contributed by atoms with Crippen LogP contribution in [0.5, 0.6) is 0 Å². The molecule has 0 fully saturated rings. The summed E-state index contributed by atoms with van der Waals surface area (Å²) in [5, 5.41) is 7.59. The summed E-state index contributed by atoms with van der Waals surface area (Å²) in [5.74, 6) is -2.62. The van der Waals surface area contributed by atoms with Gasteiger partial charge in [-0.15, -0.1) is 34.8 Å². The smallest absolute Gasteiger partial charge is 0.320 e. The number of halogens is 3. The maximum absolute atomic E-state index is 10.5. The predicted octanol–water partition coefficient (Wildman–Crippen LogP) is 1.51. The SMILES string of the molecule is C.O=C(CCl)OCCOCCOC(=O)CCl.O=C(O)CCl. The van der Waals surface area contributed by atoms with Crippen LogP contribution in [0, 0.1) is 0 Å². The van der Waals surface area contributed by atoms with E-state index >= 15 is 0 Å². The molecule has 0 saturated carbocycles. The minimum Gasteiger partial charge on any atom is -0.480 e. The van der Waals surface area contributed by atoms with Crippen LogP contribution in [0.15, 0.2) is 0 Å². The highest BCUT2D eigenvalue weighted by molar-refractivity contribution is 6.26. The summed E-state index contributed by atoms with van der Waals surface area (Å²) < 4.78 is 14.2. The quantitative estimate of drug-likeness (QED) is 0.373. The lowest BCUT2D eigenvalue weighted by atomic mass is 10.7. The van der Waals surface area contributed by atoms with Crippen LogP contribution < -0.4 is 0 Å². The Labute approximate surface area is 138 Å². The zero-order valence-corrected chi connectivity index (χ0v) is 12.7. The Hall–Kier alpha value is -0.760. The molecule has 0 saturated heterocycles. The monoisotopic (exact) mass is 368 g/mol. The van der Waals surface area contributed by atoms with Gasteiger partial charge < -0.3 is 19.3 Å². The molecule has 0 unspecified atom stereocenters. The average molecular weight is 370 g/mol. The Kier molecular flexibility index (Phi) is 23.1. The number of ether oxygens (including phenoxy) is 3. The fourth-order valence-electron chi connectivity index (χ4n) is 0.608. The van der Waals surface area contributed by atoms with Crippen molar-refractivity contribution in [3.63, 3.8) is 0 Å². The number of esters is 2. The van der Waals surface area contributed by atoms with E-state index in [2.05, 4.69) is 9.47 Å². The van der Waals surface area contributed by atoms with Crippen LogP contribution in [0.1, 0.15) is 7.43 Å². The lowest BCUT2D eigenvalue weighted by molar-refractivity contribution is -0.143. The number of hydrogen-bond donors (Lipinski definition) is 1. The van der Waals surface area contributed by atoms with E-state index in [-0.39, 0.29) is 51.5 Å². The summed E-state index contributed by atoms with van der Waals surface area (Å²) in [7, 11) is 0. The highest BCUT2D eigenvalue weighted by Crippen LogP contribution is 1.86. The molecule has 0 amide bonds. The maximum atomic E-state index is 10.5. The van der Waals surface area contributed by atoms with Crippen molar-refractivity contribution in [2.75, 3.05) is 44.1 Å². The van der Waals surface area contributed by atoms with Crippen molar-refractivity contribution in [3.05, 3.63) is 0 Å². The van der Waals surface area contributed by atoms with E-state index in [1.165, 1.54) is 0 Å². The van der Waals surface area contributed by atoms with Gasteiger partial charge in [-0.3, -0.25) is 14.4 Å². The molecule has 0 spiro atoms. The number of hydrogen-bond acceptors (Lipinski definition) is 6. The normalized spacial score (nSPS) is 8.71. The van der Waals surface area contributed by atoms with Crippen molar-refractivity contribution in [3.8, 4) is 0 Å². The van der Waals surface area contributed by atoms with Gasteiger partial charge in [0.1, 0.15) is 30.9 Å². The summed E-state index contributed by atoms with van der Waals surface area (Å²) in [4.78, 5) is 30.3. The topological polar surface area (TPSA) is 99.1 Å². The van der Waals surface area contributed by atoms with E-state index in [4.69, 9.17) is 44.6 Å². The number of carboxylic acid groups (broad SMARTS) is 1. The molecular weight excluding hydrogens is 350 g/mol. The van der Waals surface area contributed by atoms with E-state index < -0.39 is 17.9 Å². The van der Waals surface area contributed by atoms with E-state index in [9.17, 15) is 14.4 Å². The van der Waals surface area contributed by atoms with Crippen LogP contribution in [-0.2, 0) is 28.6 Å². The summed E-state index contributed by atoms with van der Waals surface area (Å²) in [5.41, 5.74) is 0. The molecule has 0 aromatic heterocycles. The molecule has 1 N–H and O–H groups in total. The average Bonchev–Trinajstić information content (AvgIpc) is 2.46. The van der Waals surface area contributed by atoms with Crippen molar-refractivity contribution in [1.82, 2.24) is 0 Å². The highest BCUT2D eigenvalue weighted by atomic mass is 35.5. The number of carbonyl (C=O) groups is 3. The Morgan fingerprint density at radius 1 is 0.762 bits per heavy atom. The largest absolute Gasteiger partial charge is 0.480 e. The van der Waals surface area contributed by atoms with Crippen LogP contribution in [0.25, 0.3) is 0 Å². The lowest BCUT2D eigenvalue weighted by Crippen LogP contribution is -2.15. The van der Waals surface area contributed by atoms with Gasteiger partial charge in [0.15, 0.2) is 0 Å². The zero-order chi connectivity index (χ0) is 15.8. The van der Waals surface area contributed by atoms with Gasteiger partial charge in [0.05, 0.1) is 13.2 Å². The third kappa shape index (κ3) is 24.6.